The first kappa shape index (κ1) is 15.2. The summed E-state index contributed by atoms with van der Waals surface area (Å²) >= 11 is 2.37. The Balaban J connectivity index is 2.90. The van der Waals surface area contributed by atoms with E-state index in [2.05, 4.69) is 15.9 Å². The summed E-state index contributed by atoms with van der Waals surface area (Å²) in [5, 5.41) is 19.3. The molecule has 1 atom stereocenters. The molecule has 1 unspecified atom stereocenters. The van der Waals surface area contributed by atoms with Crippen LogP contribution in [0.3, 0.4) is 0 Å². The number of rotatable bonds is 4. The zero-order chi connectivity index (χ0) is 14.6. The molecule has 0 radical (unpaired) electrons. The maximum absolute atomic E-state index is 12.2. The highest BCUT2D eigenvalue weighted by atomic mass is 79.9. The largest absolute Gasteiger partial charge is 0.485 e. The molecule has 0 amide bonds. The molecule has 0 N–H and O–H groups in total. The zero-order valence-electron chi connectivity index (χ0n) is 9.15. The Kier molecular flexibility index (Phi) is 4.72. The van der Waals surface area contributed by atoms with Crippen molar-refractivity contribution in [1.82, 2.24) is 0 Å². The van der Waals surface area contributed by atoms with Gasteiger partial charge in [-0.05, 0) is 12.1 Å². The fourth-order valence-corrected chi connectivity index (χ4v) is 1.24. The molecule has 1 rings (SSSR count). The lowest BCUT2D eigenvalue weighted by molar-refractivity contribution is -0.385. The Morgan fingerprint density at radius 1 is 1.53 bits per heavy atom. The third kappa shape index (κ3) is 4.10. The Labute approximate surface area is 113 Å². The normalized spacial score (nSPS) is 12.6. The van der Waals surface area contributed by atoms with Crippen molar-refractivity contribution in [2.45, 2.75) is 11.0 Å². The average molecular weight is 339 g/mol. The van der Waals surface area contributed by atoms with Crippen molar-refractivity contribution in [3.05, 3.63) is 33.9 Å². The van der Waals surface area contributed by atoms with Crippen LogP contribution in [0.4, 0.5) is 18.9 Å². The first-order valence-electron chi connectivity index (χ1n) is 4.78. The lowest BCUT2D eigenvalue weighted by Gasteiger charge is -2.14. The van der Waals surface area contributed by atoms with Crippen LogP contribution in [0.5, 0.6) is 5.75 Å². The van der Waals surface area contributed by atoms with Gasteiger partial charge in [0, 0.05) is 6.07 Å². The number of halogens is 4. The van der Waals surface area contributed by atoms with Gasteiger partial charge in [-0.15, -0.1) is 0 Å². The van der Waals surface area contributed by atoms with Gasteiger partial charge in [0.2, 0.25) is 0 Å². The van der Waals surface area contributed by atoms with Gasteiger partial charge < -0.3 is 4.74 Å². The predicted molar refractivity (Wildman–Crippen MR) is 62.1 cm³/mol. The molecule has 0 heterocycles. The molecule has 0 aliphatic rings. The minimum Gasteiger partial charge on any atom is -0.485 e. The van der Waals surface area contributed by atoms with E-state index in [0.717, 1.165) is 12.1 Å². The van der Waals surface area contributed by atoms with Gasteiger partial charge in [0.15, 0.2) is 5.75 Å². The monoisotopic (exact) mass is 338 g/mol. The van der Waals surface area contributed by atoms with Gasteiger partial charge in [0.25, 0.3) is 0 Å². The van der Waals surface area contributed by atoms with Crippen molar-refractivity contribution in [3.63, 3.8) is 0 Å². The Bertz CT molecular complexity index is 528. The number of nitriles is 1. The SMILES string of the molecule is N#Cc1ccc(OCC(Br)C(F)(F)F)c([N+](=O)[O-])c1. The summed E-state index contributed by atoms with van der Waals surface area (Å²) < 4.78 is 41.4. The van der Waals surface area contributed by atoms with Gasteiger partial charge in [0.05, 0.1) is 16.6 Å². The molecule has 0 fully saturated rings. The van der Waals surface area contributed by atoms with Crippen LogP contribution in [0.2, 0.25) is 0 Å². The number of benzene rings is 1. The van der Waals surface area contributed by atoms with Crippen LogP contribution in [0.25, 0.3) is 0 Å². The van der Waals surface area contributed by atoms with E-state index in [9.17, 15) is 23.3 Å². The molecular formula is C10H6BrF3N2O3. The number of nitro groups is 1. The van der Waals surface area contributed by atoms with Crippen LogP contribution in [-0.2, 0) is 0 Å². The topological polar surface area (TPSA) is 76.2 Å². The number of alkyl halides is 4. The van der Waals surface area contributed by atoms with Gasteiger partial charge in [-0.1, -0.05) is 15.9 Å². The highest BCUT2D eigenvalue weighted by molar-refractivity contribution is 9.09. The molecule has 0 bridgehead atoms. The van der Waals surface area contributed by atoms with E-state index in [1.165, 1.54) is 6.07 Å². The van der Waals surface area contributed by atoms with Crippen molar-refractivity contribution >= 4 is 21.6 Å². The predicted octanol–water partition coefficient (Wildman–Crippen LogP) is 3.17. The third-order valence-corrected chi connectivity index (χ3v) is 2.81. The standard InChI is InChI=1S/C10H6BrF3N2O3/c11-9(10(12,13)14)5-19-8-2-1-6(4-15)3-7(8)16(17)18/h1-3,9H,5H2. The summed E-state index contributed by atoms with van der Waals surface area (Å²) in [6, 6.07) is 4.94. The van der Waals surface area contributed by atoms with Crippen molar-refractivity contribution in [2.24, 2.45) is 0 Å². The van der Waals surface area contributed by atoms with Crippen molar-refractivity contribution in [3.8, 4) is 11.8 Å². The maximum atomic E-state index is 12.2. The molecule has 0 aromatic heterocycles. The average Bonchev–Trinajstić information content (AvgIpc) is 2.34. The van der Waals surface area contributed by atoms with Crippen LogP contribution in [-0.4, -0.2) is 22.5 Å². The molecule has 0 saturated carbocycles. The molecule has 1 aromatic carbocycles. The van der Waals surface area contributed by atoms with E-state index in [1.807, 2.05) is 0 Å². The zero-order valence-corrected chi connectivity index (χ0v) is 10.7. The molecule has 5 nitrogen and oxygen atoms in total. The second-order valence-corrected chi connectivity index (χ2v) is 4.48. The van der Waals surface area contributed by atoms with Gasteiger partial charge in [0.1, 0.15) is 11.4 Å². The Morgan fingerprint density at radius 3 is 2.63 bits per heavy atom. The maximum Gasteiger partial charge on any atom is 0.404 e. The molecule has 0 spiro atoms. The Hall–Kier alpha value is -1.82. The van der Waals surface area contributed by atoms with Gasteiger partial charge in [-0.25, -0.2) is 0 Å². The fourth-order valence-electron chi connectivity index (χ4n) is 1.11. The van der Waals surface area contributed by atoms with Crippen LogP contribution in [0.15, 0.2) is 18.2 Å². The van der Waals surface area contributed by atoms with E-state index >= 15 is 0 Å². The summed E-state index contributed by atoms with van der Waals surface area (Å²) in [6.45, 7) is -0.809. The smallest absolute Gasteiger partial charge is 0.404 e. The van der Waals surface area contributed by atoms with E-state index in [0.29, 0.717) is 0 Å². The van der Waals surface area contributed by atoms with E-state index in [-0.39, 0.29) is 11.3 Å². The molecule has 9 heteroatoms. The van der Waals surface area contributed by atoms with Crippen LogP contribution in [0.1, 0.15) is 5.56 Å². The van der Waals surface area contributed by atoms with Crippen molar-refractivity contribution in [1.29, 1.82) is 5.26 Å². The van der Waals surface area contributed by atoms with E-state index < -0.39 is 28.2 Å². The molecular weight excluding hydrogens is 333 g/mol. The number of hydrogen-bond donors (Lipinski definition) is 0. The summed E-state index contributed by atoms with van der Waals surface area (Å²) in [5.74, 6) is -0.322. The van der Waals surface area contributed by atoms with E-state index in [4.69, 9.17) is 10.00 Å². The van der Waals surface area contributed by atoms with Crippen LogP contribution >= 0.6 is 15.9 Å². The van der Waals surface area contributed by atoms with Gasteiger partial charge >= 0.3 is 11.9 Å². The highest BCUT2D eigenvalue weighted by Crippen LogP contribution is 2.31. The second-order valence-electron chi connectivity index (χ2n) is 3.37. The third-order valence-electron chi connectivity index (χ3n) is 2.03. The number of nitrogens with zero attached hydrogens (tertiary/aromatic N) is 2. The first-order valence-corrected chi connectivity index (χ1v) is 5.69. The number of nitro benzene ring substituents is 1. The van der Waals surface area contributed by atoms with Gasteiger partial charge in [-0.2, -0.15) is 18.4 Å². The van der Waals surface area contributed by atoms with Crippen LogP contribution in [0, 0.1) is 21.4 Å². The molecule has 0 aliphatic carbocycles. The van der Waals surface area contributed by atoms with Crippen LogP contribution < -0.4 is 4.74 Å². The summed E-state index contributed by atoms with van der Waals surface area (Å²) in [5.41, 5.74) is -0.536. The van der Waals surface area contributed by atoms with Crippen molar-refractivity contribution < 1.29 is 22.8 Å². The fraction of sp³-hybridized carbons (Fsp3) is 0.300. The quantitative estimate of drug-likeness (QED) is 0.480. The Morgan fingerprint density at radius 2 is 2.16 bits per heavy atom. The number of hydrogen-bond acceptors (Lipinski definition) is 4. The van der Waals surface area contributed by atoms with Crippen molar-refractivity contribution in [2.75, 3.05) is 6.61 Å². The summed E-state index contributed by atoms with van der Waals surface area (Å²) in [6.07, 6.45) is -4.51. The highest BCUT2D eigenvalue weighted by Gasteiger charge is 2.38. The molecule has 19 heavy (non-hydrogen) atoms. The molecule has 0 saturated heterocycles. The molecule has 1 aromatic rings. The minimum atomic E-state index is -4.51. The lowest BCUT2D eigenvalue weighted by atomic mass is 10.2. The number of ether oxygens (including phenoxy) is 1. The lowest BCUT2D eigenvalue weighted by Crippen LogP contribution is -2.29. The minimum absolute atomic E-state index is 0.0188. The molecule has 0 aliphatic heterocycles. The molecule has 102 valence electrons. The summed E-state index contributed by atoms with van der Waals surface area (Å²) in [4.78, 5) is 7.95. The first-order chi connectivity index (χ1) is 8.75. The van der Waals surface area contributed by atoms with Gasteiger partial charge in [-0.3, -0.25) is 10.1 Å². The second kappa shape index (κ2) is 5.88. The summed E-state index contributed by atoms with van der Waals surface area (Å²) in [7, 11) is 0. The van der Waals surface area contributed by atoms with E-state index in [1.54, 1.807) is 6.07 Å².